The molecule has 0 bridgehead atoms. The summed E-state index contributed by atoms with van der Waals surface area (Å²) in [5.41, 5.74) is 4.21. The molecule has 2 aromatic heterocycles. The van der Waals surface area contributed by atoms with E-state index >= 15 is 0 Å². The van der Waals surface area contributed by atoms with Gasteiger partial charge in [0.05, 0.1) is 17.4 Å². The molecular formula is C29H33N5O. The number of amides is 1. The Bertz CT molecular complexity index is 1270. The van der Waals surface area contributed by atoms with Crippen LogP contribution in [-0.4, -0.2) is 65.0 Å². The summed E-state index contributed by atoms with van der Waals surface area (Å²) in [6.07, 6.45) is 7.34. The Morgan fingerprint density at radius 3 is 2.54 bits per heavy atom. The van der Waals surface area contributed by atoms with E-state index in [9.17, 15) is 4.79 Å². The van der Waals surface area contributed by atoms with Crippen LogP contribution in [0.1, 0.15) is 28.8 Å². The number of aromatic nitrogens is 2. The van der Waals surface area contributed by atoms with Gasteiger partial charge in [0.1, 0.15) is 5.82 Å². The van der Waals surface area contributed by atoms with Crippen LogP contribution in [0.25, 0.3) is 16.7 Å². The number of pyridine rings is 1. The molecule has 0 unspecified atom stereocenters. The van der Waals surface area contributed by atoms with E-state index in [1.54, 1.807) is 19.0 Å². The van der Waals surface area contributed by atoms with Crippen LogP contribution in [0.2, 0.25) is 0 Å². The van der Waals surface area contributed by atoms with Gasteiger partial charge in [-0.3, -0.25) is 4.79 Å². The van der Waals surface area contributed by atoms with Crippen molar-refractivity contribution in [3.8, 4) is 5.82 Å². The largest absolute Gasteiger partial charge is 0.381 e. The van der Waals surface area contributed by atoms with E-state index in [4.69, 9.17) is 4.98 Å². The predicted molar refractivity (Wildman–Crippen MR) is 142 cm³/mol. The zero-order chi connectivity index (χ0) is 24.2. The molecule has 0 spiro atoms. The molecule has 1 aliphatic heterocycles. The molecule has 6 nitrogen and oxygen atoms in total. The van der Waals surface area contributed by atoms with Crippen molar-refractivity contribution in [2.45, 2.75) is 25.3 Å². The Labute approximate surface area is 207 Å². The van der Waals surface area contributed by atoms with E-state index in [1.165, 1.54) is 5.56 Å². The molecule has 2 aromatic carbocycles. The van der Waals surface area contributed by atoms with Gasteiger partial charge in [-0.1, -0.05) is 30.3 Å². The maximum atomic E-state index is 12.3. The molecule has 35 heavy (non-hydrogen) atoms. The fourth-order valence-corrected chi connectivity index (χ4v) is 4.82. The minimum absolute atomic E-state index is 0.00947. The first-order chi connectivity index (χ1) is 17.1. The molecular weight excluding hydrogens is 434 g/mol. The van der Waals surface area contributed by atoms with Gasteiger partial charge in [-0.2, -0.15) is 0 Å². The lowest BCUT2D eigenvalue weighted by Gasteiger charge is -2.32. The topological polar surface area (TPSA) is 53.4 Å². The fraction of sp³-hybridized carbons (Fsp3) is 0.310. The molecule has 1 N–H and O–H groups in total. The molecule has 1 aliphatic rings. The molecule has 1 saturated heterocycles. The Morgan fingerprint density at radius 1 is 1.03 bits per heavy atom. The molecule has 3 heterocycles. The number of likely N-dealkylation sites (tertiary alicyclic amines) is 1. The second-order valence-electron chi connectivity index (χ2n) is 9.56. The molecule has 5 rings (SSSR count). The summed E-state index contributed by atoms with van der Waals surface area (Å²) in [6, 6.07) is 23.2. The quantitative estimate of drug-likeness (QED) is 0.422. The van der Waals surface area contributed by atoms with Crippen LogP contribution in [0.3, 0.4) is 0 Å². The number of hydrogen-bond acceptors (Lipinski definition) is 4. The summed E-state index contributed by atoms with van der Waals surface area (Å²) in [5.74, 6) is 0.878. The monoisotopic (exact) mass is 467 g/mol. The highest BCUT2D eigenvalue weighted by Gasteiger charge is 2.19. The third-order valence-corrected chi connectivity index (χ3v) is 6.86. The van der Waals surface area contributed by atoms with Crippen LogP contribution in [0, 0.1) is 0 Å². The predicted octanol–water partition coefficient (Wildman–Crippen LogP) is 4.85. The van der Waals surface area contributed by atoms with Crippen molar-refractivity contribution in [3.63, 3.8) is 0 Å². The third kappa shape index (κ3) is 5.38. The molecule has 6 heteroatoms. The van der Waals surface area contributed by atoms with Crippen LogP contribution in [-0.2, 0) is 6.42 Å². The molecule has 180 valence electrons. The second-order valence-corrected chi connectivity index (χ2v) is 9.56. The van der Waals surface area contributed by atoms with E-state index in [0.29, 0.717) is 11.6 Å². The second kappa shape index (κ2) is 10.3. The van der Waals surface area contributed by atoms with E-state index in [2.05, 4.69) is 57.2 Å². The highest BCUT2D eigenvalue weighted by atomic mass is 16.2. The van der Waals surface area contributed by atoms with Gasteiger partial charge in [0.15, 0.2) is 0 Å². The summed E-state index contributed by atoms with van der Waals surface area (Å²) >= 11 is 0. The van der Waals surface area contributed by atoms with Crippen molar-refractivity contribution in [1.29, 1.82) is 0 Å². The number of anilines is 1. The Balaban J connectivity index is 1.17. The van der Waals surface area contributed by atoms with Crippen LogP contribution >= 0.6 is 0 Å². The Morgan fingerprint density at radius 2 is 1.83 bits per heavy atom. The van der Waals surface area contributed by atoms with Gasteiger partial charge in [-0.15, -0.1) is 0 Å². The van der Waals surface area contributed by atoms with Crippen molar-refractivity contribution in [3.05, 3.63) is 90.3 Å². The smallest absolute Gasteiger partial charge is 0.253 e. The highest BCUT2D eigenvalue weighted by molar-refractivity contribution is 5.98. The summed E-state index contributed by atoms with van der Waals surface area (Å²) in [6.45, 7) is 3.38. The van der Waals surface area contributed by atoms with Crippen LogP contribution < -0.4 is 5.32 Å². The number of carbonyl (C=O) groups excluding carboxylic acids is 1. The van der Waals surface area contributed by atoms with E-state index < -0.39 is 0 Å². The van der Waals surface area contributed by atoms with Crippen molar-refractivity contribution >= 4 is 22.5 Å². The van der Waals surface area contributed by atoms with E-state index in [1.807, 2.05) is 36.7 Å². The van der Waals surface area contributed by atoms with E-state index in [-0.39, 0.29) is 5.91 Å². The number of hydrogen-bond donors (Lipinski definition) is 1. The first-order valence-corrected chi connectivity index (χ1v) is 12.4. The van der Waals surface area contributed by atoms with Crippen LogP contribution in [0.15, 0.2) is 79.1 Å². The Hall–Kier alpha value is -3.64. The van der Waals surface area contributed by atoms with Gasteiger partial charge in [0, 0.05) is 56.9 Å². The third-order valence-electron chi connectivity index (χ3n) is 6.86. The maximum Gasteiger partial charge on any atom is 0.253 e. The summed E-state index contributed by atoms with van der Waals surface area (Å²) in [4.78, 5) is 21.2. The minimum Gasteiger partial charge on any atom is -0.381 e. The highest BCUT2D eigenvalue weighted by Crippen LogP contribution is 2.23. The molecule has 0 saturated carbocycles. The van der Waals surface area contributed by atoms with Gasteiger partial charge in [0.2, 0.25) is 0 Å². The number of nitrogens with zero attached hydrogens (tertiary/aromatic N) is 4. The van der Waals surface area contributed by atoms with Gasteiger partial charge >= 0.3 is 0 Å². The average molecular weight is 468 g/mol. The van der Waals surface area contributed by atoms with Crippen molar-refractivity contribution in [1.82, 2.24) is 19.4 Å². The number of rotatable bonds is 7. The molecule has 1 amide bonds. The van der Waals surface area contributed by atoms with Gasteiger partial charge < -0.3 is 19.7 Å². The molecule has 4 aromatic rings. The summed E-state index contributed by atoms with van der Waals surface area (Å²) < 4.78 is 2.06. The maximum absolute atomic E-state index is 12.3. The van der Waals surface area contributed by atoms with Crippen molar-refractivity contribution in [2.24, 2.45) is 0 Å². The lowest BCUT2D eigenvalue weighted by atomic mass is 10.0. The SMILES string of the molecule is CN(C)C(=O)c1ccc2c(ccn2-c2ccc(NC3CCN(CCc4ccccc4)CC3)cn2)c1. The van der Waals surface area contributed by atoms with Gasteiger partial charge in [-0.25, -0.2) is 4.98 Å². The lowest BCUT2D eigenvalue weighted by Crippen LogP contribution is -2.40. The molecule has 0 atom stereocenters. The van der Waals surface area contributed by atoms with Gasteiger partial charge in [0.25, 0.3) is 5.91 Å². The summed E-state index contributed by atoms with van der Waals surface area (Å²) in [7, 11) is 3.54. The number of carbonyl (C=O) groups is 1. The average Bonchev–Trinajstić information content (AvgIpc) is 3.32. The molecule has 1 fully saturated rings. The fourth-order valence-electron chi connectivity index (χ4n) is 4.82. The van der Waals surface area contributed by atoms with Crippen LogP contribution in [0.4, 0.5) is 5.69 Å². The number of fused-ring (bicyclic) bond motifs is 1. The molecule has 0 radical (unpaired) electrons. The number of benzene rings is 2. The Kier molecular flexibility index (Phi) is 6.82. The summed E-state index contributed by atoms with van der Waals surface area (Å²) in [5, 5.41) is 4.70. The first-order valence-electron chi connectivity index (χ1n) is 12.4. The van der Waals surface area contributed by atoms with E-state index in [0.717, 1.165) is 61.3 Å². The lowest BCUT2D eigenvalue weighted by molar-refractivity contribution is 0.0828. The van der Waals surface area contributed by atoms with Crippen molar-refractivity contribution < 1.29 is 4.79 Å². The standard InChI is InChI=1S/C29H33N5O/c1-32(2)29(35)24-8-10-27-23(20-24)13-19-34(27)28-11-9-26(21-30-28)31-25-14-17-33(18-15-25)16-12-22-6-4-3-5-7-22/h3-11,13,19-21,25,31H,12,14-18H2,1-2H3. The van der Waals surface area contributed by atoms with Crippen molar-refractivity contribution in [2.75, 3.05) is 39.0 Å². The molecule has 0 aliphatic carbocycles. The van der Waals surface area contributed by atoms with Crippen LogP contribution in [0.5, 0.6) is 0 Å². The zero-order valence-electron chi connectivity index (χ0n) is 20.5. The zero-order valence-corrected chi connectivity index (χ0v) is 20.5. The normalized spacial score (nSPS) is 14.8. The minimum atomic E-state index is 0.00947. The van der Waals surface area contributed by atoms with Gasteiger partial charge in [-0.05, 0) is 61.2 Å². The number of piperidine rings is 1. The number of nitrogens with one attached hydrogen (secondary N) is 1. The first kappa shape index (κ1) is 23.1.